The topological polar surface area (TPSA) is 55.1 Å². The summed E-state index contributed by atoms with van der Waals surface area (Å²) in [7, 11) is 0. The van der Waals surface area contributed by atoms with Gasteiger partial charge in [-0.3, -0.25) is 4.79 Å². The van der Waals surface area contributed by atoms with E-state index in [2.05, 4.69) is 33.0 Å². The van der Waals surface area contributed by atoms with Gasteiger partial charge in [-0.25, -0.2) is 0 Å². The van der Waals surface area contributed by atoms with Crippen LogP contribution in [-0.2, 0) is 4.79 Å². The summed E-state index contributed by atoms with van der Waals surface area (Å²) < 4.78 is 0. The Kier molecular flexibility index (Phi) is 3.48. The molecule has 2 atom stereocenters. The smallest absolute Gasteiger partial charge is 0.223 e. The Labute approximate surface area is 111 Å². The number of amides is 1. The fraction of sp³-hybridized carbons (Fsp3) is 0.933. The van der Waals surface area contributed by atoms with Crippen LogP contribution in [0.15, 0.2) is 0 Å². The van der Waals surface area contributed by atoms with Crippen LogP contribution in [0.25, 0.3) is 0 Å². The van der Waals surface area contributed by atoms with Crippen LogP contribution < -0.4 is 11.1 Å². The van der Waals surface area contributed by atoms with Crippen LogP contribution in [0.4, 0.5) is 0 Å². The second kappa shape index (κ2) is 4.52. The van der Waals surface area contributed by atoms with Crippen molar-refractivity contribution < 1.29 is 4.79 Å². The van der Waals surface area contributed by atoms with Crippen LogP contribution >= 0.6 is 0 Å². The van der Waals surface area contributed by atoms with Crippen molar-refractivity contribution in [3.05, 3.63) is 0 Å². The molecule has 2 saturated carbocycles. The molecule has 3 heteroatoms. The van der Waals surface area contributed by atoms with Crippen LogP contribution in [0.5, 0.6) is 0 Å². The normalized spacial score (nSPS) is 33.4. The van der Waals surface area contributed by atoms with E-state index in [0.717, 1.165) is 25.8 Å². The lowest BCUT2D eigenvalue weighted by molar-refractivity contribution is -0.126. The molecule has 2 fully saturated rings. The molecule has 0 spiro atoms. The molecule has 0 bridgehead atoms. The molecule has 0 heterocycles. The van der Waals surface area contributed by atoms with Crippen LogP contribution in [0.3, 0.4) is 0 Å². The molecule has 0 radical (unpaired) electrons. The third kappa shape index (κ3) is 2.07. The zero-order valence-electron chi connectivity index (χ0n) is 12.3. The van der Waals surface area contributed by atoms with Crippen LogP contribution in [0, 0.1) is 28.6 Å². The first-order chi connectivity index (χ1) is 8.32. The van der Waals surface area contributed by atoms with E-state index in [1.165, 1.54) is 0 Å². The van der Waals surface area contributed by atoms with Crippen molar-refractivity contribution in [2.75, 3.05) is 13.1 Å². The van der Waals surface area contributed by atoms with Crippen LogP contribution in [0.1, 0.15) is 47.0 Å². The van der Waals surface area contributed by atoms with E-state index in [1.807, 2.05) is 0 Å². The minimum Gasteiger partial charge on any atom is -0.356 e. The Balaban J connectivity index is 1.83. The maximum absolute atomic E-state index is 12.2. The third-order valence-electron chi connectivity index (χ3n) is 6.10. The molecule has 1 amide bonds. The highest BCUT2D eigenvalue weighted by Gasteiger charge is 2.64. The van der Waals surface area contributed by atoms with Crippen molar-refractivity contribution >= 4 is 5.91 Å². The van der Waals surface area contributed by atoms with Gasteiger partial charge in [-0.1, -0.05) is 34.1 Å². The highest BCUT2D eigenvalue weighted by Crippen LogP contribution is 2.67. The molecule has 0 aromatic heterocycles. The van der Waals surface area contributed by atoms with Crippen LogP contribution in [0.2, 0.25) is 0 Å². The predicted octanol–water partition coefficient (Wildman–Crippen LogP) is 2.16. The van der Waals surface area contributed by atoms with E-state index >= 15 is 0 Å². The average Bonchev–Trinajstić information content (AvgIpc) is 2.70. The van der Waals surface area contributed by atoms with Gasteiger partial charge in [-0.05, 0) is 42.1 Å². The molecule has 2 aliphatic rings. The molecule has 0 aromatic rings. The Morgan fingerprint density at radius 2 is 1.83 bits per heavy atom. The molecule has 0 saturated heterocycles. The summed E-state index contributed by atoms with van der Waals surface area (Å²) in [6.45, 7) is 10.7. The van der Waals surface area contributed by atoms with E-state index in [-0.39, 0.29) is 11.8 Å². The zero-order valence-corrected chi connectivity index (χ0v) is 12.3. The summed E-state index contributed by atoms with van der Waals surface area (Å²) in [6, 6.07) is 0. The molecular formula is C15H28N2O. The zero-order chi connectivity index (χ0) is 13.6. The minimum atomic E-state index is 0.167. The van der Waals surface area contributed by atoms with Gasteiger partial charge in [0.25, 0.3) is 0 Å². The van der Waals surface area contributed by atoms with Crippen LogP contribution in [-0.4, -0.2) is 19.0 Å². The van der Waals surface area contributed by atoms with Crippen molar-refractivity contribution in [1.82, 2.24) is 5.32 Å². The maximum Gasteiger partial charge on any atom is 0.223 e. The Bertz CT molecular complexity index is 321. The van der Waals surface area contributed by atoms with E-state index in [4.69, 9.17) is 5.73 Å². The number of nitrogens with two attached hydrogens (primary N) is 1. The van der Waals surface area contributed by atoms with Gasteiger partial charge in [-0.2, -0.15) is 0 Å². The largest absolute Gasteiger partial charge is 0.356 e. The van der Waals surface area contributed by atoms with Gasteiger partial charge in [0.15, 0.2) is 0 Å². The van der Waals surface area contributed by atoms with Crippen molar-refractivity contribution in [3.8, 4) is 0 Å². The lowest BCUT2D eigenvalue weighted by Crippen LogP contribution is -2.36. The fourth-order valence-electron chi connectivity index (χ4n) is 3.84. The van der Waals surface area contributed by atoms with Gasteiger partial charge in [0, 0.05) is 12.5 Å². The highest BCUT2D eigenvalue weighted by atomic mass is 16.1. The summed E-state index contributed by atoms with van der Waals surface area (Å²) in [5, 5.41) is 3.17. The van der Waals surface area contributed by atoms with Gasteiger partial charge in [0.2, 0.25) is 5.91 Å². The number of nitrogens with one attached hydrogen (secondary N) is 1. The van der Waals surface area contributed by atoms with E-state index < -0.39 is 0 Å². The molecule has 18 heavy (non-hydrogen) atoms. The molecule has 2 rings (SSSR count). The first kappa shape index (κ1) is 13.9. The second-order valence-corrected chi connectivity index (χ2v) is 7.27. The van der Waals surface area contributed by atoms with Gasteiger partial charge in [-0.15, -0.1) is 0 Å². The monoisotopic (exact) mass is 252 g/mol. The lowest BCUT2D eigenvalue weighted by Gasteiger charge is -2.17. The summed E-state index contributed by atoms with van der Waals surface area (Å²) in [6.07, 6.45) is 3.29. The number of carbonyl (C=O) groups excluding carboxylic acids is 1. The lowest BCUT2D eigenvalue weighted by atomic mass is 9.95. The second-order valence-electron chi connectivity index (χ2n) is 7.27. The third-order valence-corrected chi connectivity index (χ3v) is 6.10. The molecule has 3 N–H and O–H groups in total. The quantitative estimate of drug-likeness (QED) is 0.805. The molecular weight excluding hydrogens is 224 g/mol. The molecule has 0 aliphatic heterocycles. The van der Waals surface area contributed by atoms with E-state index in [1.54, 1.807) is 0 Å². The number of hydrogen-bond donors (Lipinski definition) is 2. The van der Waals surface area contributed by atoms with Gasteiger partial charge in [0.05, 0.1) is 0 Å². The Hall–Kier alpha value is -0.570. The van der Waals surface area contributed by atoms with Crippen molar-refractivity contribution in [1.29, 1.82) is 0 Å². The van der Waals surface area contributed by atoms with Gasteiger partial charge >= 0.3 is 0 Å². The van der Waals surface area contributed by atoms with Crippen molar-refractivity contribution in [3.63, 3.8) is 0 Å². The highest BCUT2D eigenvalue weighted by molar-refractivity contribution is 5.79. The first-order valence-electron chi connectivity index (χ1n) is 7.30. The standard InChI is InChI=1S/C15H28N2O/c1-14(2)12(15(14,3)4)9-17-13(18)11-7-5-6-10(11)8-16/h10-12H,5-9,16H2,1-4H3,(H,17,18). The predicted molar refractivity (Wildman–Crippen MR) is 73.9 cm³/mol. The molecule has 2 aliphatic carbocycles. The summed E-state index contributed by atoms with van der Waals surface area (Å²) >= 11 is 0. The SMILES string of the molecule is CC1(C)C(CNC(=O)C2CCCC2CN)C1(C)C. The Morgan fingerprint density at radius 1 is 1.22 bits per heavy atom. The number of carbonyl (C=O) groups is 1. The summed E-state index contributed by atoms with van der Waals surface area (Å²) in [5.74, 6) is 1.42. The van der Waals surface area contributed by atoms with E-state index in [9.17, 15) is 4.79 Å². The molecule has 0 aromatic carbocycles. The summed E-state index contributed by atoms with van der Waals surface area (Å²) in [5.41, 5.74) is 6.44. The molecule has 3 nitrogen and oxygen atoms in total. The number of hydrogen-bond acceptors (Lipinski definition) is 2. The molecule has 2 unspecified atom stereocenters. The fourth-order valence-corrected chi connectivity index (χ4v) is 3.84. The molecule has 104 valence electrons. The van der Waals surface area contributed by atoms with Gasteiger partial charge < -0.3 is 11.1 Å². The summed E-state index contributed by atoms with van der Waals surface area (Å²) in [4.78, 5) is 12.2. The Morgan fingerprint density at radius 3 is 2.33 bits per heavy atom. The minimum absolute atomic E-state index is 0.167. The maximum atomic E-state index is 12.2. The number of rotatable bonds is 4. The van der Waals surface area contributed by atoms with Gasteiger partial charge in [0.1, 0.15) is 0 Å². The first-order valence-corrected chi connectivity index (χ1v) is 7.30. The average molecular weight is 252 g/mol. The van der Waals surface area contributed by atoms with E-state index in [0.29, 0.717) is 29.2 Å². The van der Waals surface area contributed by atoms with Crippen molar-refractivity contribution in [2.45, 2.75) is 47.0 Å². The van der Waals surface area contributed by atoms with Crippen molar-refractivity contribution in [2.24, 2.45) is 34.3 Å².